The molecule has 0 aliphatic rings. The summed E-state index contributed by atoms with van der Waals surface area (Å²) in [4.78, 5) is 0. The van der Waals surface area contributed by atoms with Gasteiger partial charge in [-0.1, -0.05) is 0 Å². The molecule has 0 spiro atoms. The van der Waals surface area contributed by atoms with Crippen molar-refractivity contribution in [3.8, 4) is 11.5 Å². The predicted octanol–water partition coefficient (Wildman–Crippen LogP) is 1.23. The summed E-state index contributed by atoms with van der Waals surface area (Å²) in [7, 11) is -1.51. The SMILES string of the molecule is COc1ccc(OCCS(=O)(=O)CCC(C)N)cc1. The Morgan fingerprint density at radius 3 is 2.26 bits per heavy atom. The minimum absolute atomic E-state index is 0.00570. The molecule has 0 amide bonds. The molecule has 0 saturated carbocycles. The van der Waals surface area contributed by atoms with E-state index in [-0.39, 0.29) is 24.2 Å². The van der Waals surface area contributed by atoms with Gasteiger partial charge in [0, 0.05) is 6.04 Å². The Kier molecular flexibility index (Phi) is 6.11. The molecule has 108 valence electrons. The number of ether oxygens (including phenoxy) is 2. The third-order valence-corrected chi connectivity index (χ3v) is 4.25. The average molecular weight is 287 g/mol. The first-order chi connectivity index (χ1) is 8.93. The third kappa shape index (κ3) is 6.45. The number of rotatable bonds is 8. The second-order valence-corrected chi connectivity index (χ2v) is 6.75. The normalized spacial score (nSPS) is 13.0. The van der Waals surface area contributed by atoms with Crippen LogP contribution in [-0.4, -0.2) is 39.7 Å². The zero-order valence-electron chi connectivity index (χ0n) is 11.3. The van der Waals surface area contributed by atoms with Gasteiger partial charge in [0.2, 0.25) is 0 Å². The largest absolute Gasteiger partial charge is 0.497 e. The molecule has 0 radical (unpaired) electrons. The Morgan fingerprint density at radius 1 is 1.16 bits per heavy atom. The van der Waals surface area contributed by atoms with E-state index >= 15 is 0 Å². The maximum absolute atomic E-state index is 11.7. The number of hydrogen-bond donors (Lipinski definition) is 1. The van der Waals surface area contributed by atoms with Gasteiger partial charge in [0.05, 0.1) is 18.6 Å². The molecule has 0 aliphatic heterocycles. The quantitative estimate of drug-likeness (QED) is 0.778. The van der Waals surface area contributed by atoms with Gasteiger partial charge < -0.3 is 15.2 Å². The Hall–Kier alpha value is -1.27. The van der Waals surface area contributed by atoms with Crippen molar-refractivity contribution in [2.24, 2.45) is 5.73 Å². The Morgan fingerprint density at radius 2 is 1.74 bits per heavy atom. The van der Waals surface area contributed by atoms with Gasteiger partial charge in [-0.05, 0) is 37.6 Å². The van der Waals surface area contributed by atoms with Crippen molar-refractivity contribution < 1.29 is 17.9 Å². The molecule has 0 aromatic heterocycles. The maximum Gasteiger partial charge on any atom is 0.153 e. The highest BCUT2D eigenvalue weighted by Gasteiger charge is 2.12. The van der Waals surface area contributed by atoms with Crippen molar-refractivity contribution in [3.05, 3.63) is 24.3 Å². The van der Waals surface area contributed by atoms with E-state index in [2.05, 4.69) is 0 Å². The second-order valence-electron chi connectivity index (χ2n) is 4.44. The second kappa shape index (κ2) is 7.35. The number of nitrogens with two attached hydrogens (primary N) is 1. The van der Waals surface area contributed by atoms with Gasteiger partial charge in [0.25, 0.3) is 0 Å². The highest BCUT2D eigenvalue weighted by atomic mass is 32.2. The molecule has 0 bridgehead atoms. The molecule has 5 nitrogen and oxygen atoms in total. The standard InChI is InChI=1S/C13H21NO4S/c1-11(14)7-9-19(15,16)10-8-18-13-5-3-12(17-2)4-6-13/h3-6,11H,7-10,14H2,1-2H3. The minimum atomic E-state index is -3.09. The smallest absolute Gasteiger partial charge is 0.153 e. The molecule has 1 unspecified atom stereocenters. The number of methoxy groups -OCH3 is 1. The van der Waals surface area contributed by atoms with E-state index in [1.807, 2.05) is 0 Å². The number of sulfone groups is 1. The first-order valence-corrected chi connectivity index (χ1v) is 7.98. The van der Waals surface area contributed by atoms with Gasteiger partial charge >= 0.3 is 0 Å². The van der Waals surface area contributed by atoms with Crippen LogP contribution >= 0.6 is 0 Å². The summed E-state index contributed by atoms with van der Waals surface area (Å²) in [5.74, 6) is 1.47. The van der Waals surface area contributed by atoms with Crippen LogP contribution in [0.25, 0.3) is 0 Å². The summed E-state index contributed by atoms with van der Waals surface area (Å²) in [6.07, 6.45) is 0.477. The fourth-order valence-electron chi connectivity index (χ4n) is 1.43. The fraction of sp³-hybridized carbons (Fsp3) is 0.538. The molecule has 0 aliphatic carbocycles. The van der Waals surface area contributed by atoms with E-state index in [1.165, 1.54) is 0 Å². The molecule has 1 atom stereocenters. The summed E-state index contributed by atoms with van der Waals surface area (Å²) in [5.41, 5.74) is 5.54. The molecule has 2 N–H and O–H groups in total. The molecule has 6 heteroatoms. The van der Waals surface area contributed by atoms with Crippen molar-refractivity contribution in [2.75, 3.05) is 25.2 Å². The molecule has 0 heterocycles. The van der Waals surface area contributed by atoms with Crippen LogP contribution in [0.4, 0.5) is 0 Å². The van der Waals surface area contributed by atoms with Crippen LogP contribution < -0.4 is 15.2 Å². The Bertz CT molecular complexity index is 468. The predicted molar refractivity (Wildman–Crippen MR) is 75.4 cm³/mol. The fourth-order valence-corrected chi connectivity index (χ4v) is 2.70. The summed E-state index contributed by atoms with van der Waals surface area (Å²) in [6, 6.07) is 6.91. The van der Waals surface area contributed by atoms with E-state index in [0.717, 1.165) is 5.75 Å². The average Bonchev–Trinajstić information content (AvgIpc) is 2.37. The molecule has 0 saturated heterocycles. The summed E-state index contributed by atoms with van der Waals surface area (Å²) in [5, 5.41) is 0. The first kappa shape index (κ1) is 15.8. The van der Waals surface area contributed by atoms with Gasteiger partial charge in [-0.15, -0.1) is 0 Å². The first-order valence-electron chi connectivity index (χ1n) is 6.16. The zero-order chi connectivity index (χ0) is 14.3. The molecular formula is C13H21NO4S. The highest BCUT2D eigenvalue weighted by Crippen LogP contribution is 2.16. The Labute approximate surface area is 114 Å². The molecule has 1 aromatic rings. The maximum atomic E-state index is 11.7. The summed E-state index contributed by atoms with van der Waals surface area (Å²) in [6.45, 7) is 1.94. The van der Waals surface area contributed by atoms with E-state index in [0.29, 0.717) is 12.2 Å². The molecule has 1 aromatic carbocycles. The monoisotopic (exact) mass is 287 g/mol. The summed E-state index contributed by atoms with van der Waals surface area (Å²) >= 11 is 0. The minimum Gasteiger partial charge on any atom is -0.497 e. The topological polar surface area (TPSA) is 78.6 Å². The molecule has 19 heavy (non-hydrogen) atoms. The van der Waals surface area contributed by atoms with Crippen LogP contribution in [0.1, 0.15) is 13.3 Å². The molecular weight excluding hydrogens is 266 g/mol. The van der Waals surface area contributed by atoms with Crippen LogP contribution in [0.15, 0.2) is 24.3 Å². The van der Waals surface area contributed by atoms with Crippen LogP contribution in [0.2, 0.25) is 0 Å². The zero-order valence-corrected chi connectivity index (χ0v) is 12.2. The van der Waals surface area contributed by atoms with E-state index in [1.54, 1.807) is 38.3 Å². The van der Waals surface area contributed by atoms with Gasteiger partial charge in [-0.2, -0.15) is 0 Å². The van der Waals surface area contributed by atoms with Gasteiger partial charge in [-0.3, -0.25) is 0 Å². The van der Waals surface area contributed by atoms with E-state index in [9.17, 15) is 8.42 Å². The van der Waals surface area contributed by atoms with Crippen molar-refractivity contribution in [2.45, 2.75) is 19.4 Å². The van der Waals surface area contributed by atoms with Gasteiger partial charge in [-0.25, -0.2) is 8.42 Å². The van der Waals surface area contributed by atoms with Gasteiger partial charge in [0.15, 0.2) is 9.84 Å². The lowest BCUT2D eigenvalue weighted by molar-refractivity contribution is 0.339. The molecule has 1 rings (SSSR count). The lowest BCUT2D eigenvalue weighted by atomic mass is 10.3. The van der Waals surface area contributed by atoms with E-state index in [4.69, 9.17) is 15.2 Å². The van der Waals surface area contributed by atoms with Crippen molar-refractivity contribution >= 4 is 9.84 Å². The van der Waals surface area contributed by atoms with Crippen molar-refractivity contribution in [1.29, 1.82) is 0 Å². The lowest BCUT2D eigenvalue weighted by Crippen LogP contribution is -2.23. The molecule has 0 fully saturated rings. The highest BCUT2D eigenvalue weighted by molar-refractivity contribution is 7.91. The van der Waals surface area contributed by atoms with E-state index < -0.39 is 9.84 Å². The van der Waals surface area contributed by atoms with Crippen LogP contribution in [0.3, 0.4) is 0 Å². The Balaban J connectivity index is 2.36. The number of benzene rings is 1. The number of hydrogen-bond acceptors (Lipinski definition) is 5. The van der Waals surface area contributed by atoms with Crippen LogP contribution in [0, 0.1) is 0 Å². The van der Waals surface area contributed by atoms with Gasteiger partial charge in [0.1, 0.15) is 18.1 Å². The van der Waals surface area contributed by atoms with Crippen molar-refractivity contribution in [3.63, 3.8) is 0 Å². The third-order valence-electron chi connectivity index (χ3n) is 2.61. The lowest BCUT2D eigenvalue weighted by Gasteiger charge is -2.09. The van der Waals surface area contributed by atoms with Crippen molar-refractivity contribution in [1.82, 2.24) is 0 Å². The van der Waals surface area contributed by atoms with Crippen LogP contribution in [0.5, 0.6) is 11.5 Å². The van der Waals surface area contributed by atoms with Crippen LogP contribution in [-0.2, 0) is 9.84 Å². The summed E-state index contributed by atoms with van der Waals surface area (Å²) < 4.78 is 33.7.